The Morgan fingerprint density at radius 1 is 1.03 bits per heavy atom. The normalized spacial score (nSPS) is 14.7. The highest BCUT2D eigenvalue weighted by Gasteiger charge is 2.27. The summed E-state index contributed by atoms with van der Waals surface area (Å²) in [6.07, 6.45) is 6.47. The monoisotopic (exact) mass is 479 g/mol. The number of aromatic nitrogens is 4. The van der Waals surface area contributed by atoms with Crippen LogP contribution in [0, 0.1) is 0 Å². The number of rotatable bonds is 6. The highest BCUT2D eigenvalue weighted by molar-refractivity contribution is 7.99. The molecule has 0 spiro atoms. The van der Waals surface area contributed by atoms with Gasteiger partial charge in [-0.1, -0.05) is 30.0 Å². The SMILES string of the molecule is Cn1ccnc1C(=O)c1cc(Sc2ccc(S(=O)(=O)N3CCCC3)cn2)nc2ccccc12. The van der Waals surface area contributed by atoms with Crippen molar-refractivity contribution in [3.8, 4) is 0 Å². The molecule has 8 nitrogen and oxygen atoms in total. The van der Waals surface area contributed by atoms with Gasteiger partial charge in [0, 0.05) is 49.7 Å². The predicted molar refractivity (Wildman–Crippen MR) is 125 cm³/mol. The van der Waals surface area contributed by atoms with Crippen LogP contribution in [0.25, 0.3) is 10.9 Å². The smallest absolute Gasteiger partial charge is 0.244 e. The Bertz CT molecular complexity index is 1440. The summed E-state index contributed by atoms with van der Waals surface area (Å²) >= 11 is 1.28. The maximum Gasteiger partial charge on any atom is 0.244 e. The third-order valence-corrected chi connectivity index (χ3v) is 8.33. The van der Waals surface area contributed by atoms with Gasteiger partial charge in [-0.05, 0) is 37.1 Å². The van der Waals surface area contributed by atoms with Gasteiger partial charge in [0.25, 0.3) is 0 Å². The molecule has 1 aliphatic heterocycles. The summed E-state index contributed by atoms with van der Waals surface area (Å²) in [5.74, 6) is 0.153. The van der Waals surface area contributed by atoms with Gasteiger partial charge in [-0.2, -0.15) is 4.31 Å². The molecule has 4 heterocycles. The Hall–Kier alpha value is -3.08. The molecule has 0 radical (unpaired) electrons. The topological polar surface area (TPSA) is 98.0 Å². The number of para-hydroxylation sites is 1. The molecule has 0 saturated carbocycles. The van der Waals surface area contributed by atoms with Crippen molar-refractivity contribution in [3.05, 3.63) is 72.4 Å². The summed E-state index contributed by atoms with van der Waals surface area (Å²) in [4.78, 5) is 26.6. The van der Waals surface area contributed by atoms with E-state index in [9.17, 15) is 13.2 Å². The van der Waals surface area contributed by atoms with E-state index in [1.807, 2.05) is 24.3 Å². The Kier molecular flexibility index (Phi) is 5.73. The van der Waals surface area contributed by atoms with Gasteiger partial charge in [0.2, 0.25) is 15.8 Å². The maximum absolute atomic E-state index is 13.2. The number of benzene rings is 1. The average molecular weight is 480 g/mol. The third kappa shape index (κ3) is 4.17. The van der Waals surface area contributed by atoms with Crippen molar-refractivity contribution in [2.45, 2.75) is 27.8 Å². The molecule has 1 aromatic carbocycles. The minimum atomic E-state index is -3.51. The molecule has 33 heavy (non-hydrogen) atoms. The van der Waals surface area contributed by atoms with Gasteiger partial charge in [-0.15, -0.1) is 0 Å². The van der Waals surface area contributed by atoms with Crippen LogP contribution < -0.4 is 0 Å². The number of carbonyl (C=O) groups excluding carboxylic acids is 1. The summed E-state index contributed by atoms with van der Waals surface area (Å²) in [6, 6.07) is 12.4. The van der Waals surface area contributed by atoms with Crippen molar-refractivity contribution in [2.75, 3.05) is 13.1 Å². The molecular formula is C23H21N5O3S2. The molecule has 3 aromatic heterocycles. The molecule has 0 amide bonds. The van der Waals surface area contributed by atoms with Gasteiger partial charge in [0.05, 0.1) is 5.52 Å². The predicted octanol–water partition coefficient (Wildman–Crippen LogP) is 3.53. The van der Waals surface area contributed by atoms with Crippen LogP contribution in [0.5, 0.6) is 0 Å². The molecule has 0 atom stereocenters. The highest BCUT2D eigenvalue weighted by atomic mass is 32.2. The first-order valence-electron chi connectivity index (χ1n) is 10.5. The summed E-state index contributed by atoms with van der Waals surface area (Å²) in [5.41, 5.74) is 1.19. The van der Waals surface area contributed by atoms with Gasteiger partial charge in [0.15, 0.2) is 5.82 Å². The number of imidazole rings is 1. The lowest BCUT2D eigenvalue weighted by Gasteiger charge is -2.15. The van der Waals surface area contributed by atoms with Crippen molar-refractivity contribution in [1.29, 1.82) is 0 Å². The fourth-order valence-electron chi connectivity index (χ4n) is 3.86. The van der Waals surface area contributed by atoms with E-state index in [2.05, 4.69) is 15.0 Å². The van der Waals surface area contributed by atoms with E-state index < -0.39 is 10.0 Å². The number of pyridine rings is 2. The lowest BCUT2D eigenvalue weighted by Crippen LogP contribution is -2.27. The van der Waals surface area contributed by atoms with Gasteiger partial charge < -0.3 is 4.57 Å². The largest absolute Gasteiger partial charge is 0.331 e. The zero-order valence-corrected chi connectivity index (χ0v) is 19.5. The second kappa shape index (κ2) is 8.69. The molecule has 1 saturated heterocycles. The van der Waals surface area contributed by atoms with Crippen LogP contribution in [0.1, 0.15) is 29.0 Å². The second-order valence-electron chi connectivity index (χ2n) is 7.76. The molecule has 10 heteroatoms. The number of hydrogen-bond donors (Lipinski definition) is 0. The van der Waals surface area contributed by atoms with Gasteiger partial charge in [0.1, 0.15) is 14.9 Å². The minimum Gasteiger partial charge on any atom is -0.331 e. The number of aryl methyl sites for hydroxylation is 1. The third-order valence-electron chi connectivity index (χ3n) is 5.58. The standard InChI is InChI=1S/C23H21N5O3S2/c1-27-13-10-24-23(27)22(29)18-14-21(26-19-7-3-2-6-17(18)19)32-20-9-8-16(15-25-20)33(30,31)28-11-4-5-12-28/h2-3,6-10,13-15H,4-5,11-12H2,1H3. The van der Waals surface area contributed by atoms with Gasteiger partial charge in [-0.3, -0.25) is 4.79 Å². The van der Waals surface area contributed by atoms with E-state index in [1.165, 1.54) is 22.3 Å². The quantitative estimate of drug-likeness (QED) is 0.390. The Morgan fingerprint density at radius 2 is 1.82 bits per heavy atom. The Morgan fingerprint density at radius 3 is 2.52 bits per heavy atom. The van der Waals surface area contributed by atoms with Crippen molar-refractivity contribution >= 4 is 38.5 Å². The Labute approximate surface area is 195 Å². The van der Waals surface area contributed by atoms with Crippen molar-refractivity contribution < 1.29 is 13.2 Å². The van der Waals surface area contributed by atoms with Gasteiger partial charge in [-0.25, -0.2) is 23.4 Å². The molecule has 0 bridgehead atoms. The molecule has 1 fully saturated rings. The number of sulfonamides is 1. The molecule has 0 N–H and O–H groups in total. The summed E-state index contributed by atoms with van der Waals surface area (Å²) in [6.45, 7) is 1.10. The Balaban J connectivity index is 1.47. The first-order chi connectivity index (χ1) is 15.9. The lowest BCUT2D eigenvalue weighted by molar-refractivity contribution is 0.102. The molecule has 1 aliphatic rings. The van der Waals surface area contributed by atoms with E-state index in [1.54, 1.807) is 42.2 Å². The first kappa shape index (κ1) is 21.7. The van der Waals surface area contributed by atoms with Crippen LogP contribution in [0.15, 0.2) is 76.0 Å². The minimum absolute atomic E-state index is 0.186. The van der Waals surface area contributed by atoms with Gasteiger partial charge >= 0.3 is 0 Å². The molecule has 4 aromatic rings. The molecule has 168 valence electrons. The van der Waals surface area contributed by atoms with E-state index in [0.717, 1.165) is 18.2 Å². The average Bonchev–Trinajstić information content (AvgIpc) is 3.51. The van der Waals surface area contributed by atoms with E-state index in [0.29, 0.717) is 40.0 Å². The van der Waals surface area contributed by atoms with Crippen molar-refractivity contribution in [3.63, 3.8) is 0 Å². The highest BCUT2D eigenvalue weighted by Crippen LogP contribution is 2.30. The van der Waals surface area contributed by atoms with Crippen LogP contribution >= 0.6 is 11.8 Å². The number of carbonyl (C=O) groups is 1. The molecule has 0 aliphatic carbocycles. The van der Waals surface area contributed by atoms with Crippen LogP contribution in [0.2, 0.25) is 0 Å². The summed E-state index contributed by atoms with van der Waals surface area (Å²) in [5, 5.41) is 1.93. The van der Waals surface area contributed by atoms with E-state index in [-0.39, 0.29) is 10.7 Å². The zero-order chi connectivity index (χ0) is 23.0. The number of ketones is 1. The van der Waals surface area contributed by atoms with E-state index in [4.69, 9.17) is 0 Å². The lowest BCUT2D eigenvalue weighted by atomic mass is 10.1. The molecule has 0 unspecified atom stereocenters. The fourth-order valence-corrected chi connectivity index (χ4v) is 6.10. The fraction of sp³-hybridized carbons (Fsp3) is 0.217. The van der Waals surface area contributed by atoms with Crippen LogP contribution in [-0.2, 0) is 17.1 Å². The number of nitrogens with zero attached hydrogens (tertiary/aromatic N) is 5. The molecular weight excluding hydrogens is 458 g/mol. The number of hydrogen-bond acceptors (Lipinski definition) is 7. The summed E-state index contributed by atoms with van der Waals surface area (Å²) in [7, 11) is -1.73. The number of fused-ring (bicyclic) bond motifs is 1. The second-order valence-corrected chi connectivity index (χ2v) is 10.7. The summed E-state index contributed by atoms with van der Waals surface area (Å²) < 4.78 is 28.6. The van der Waals surface area contributed by atoms with Crippen LogP contribution in [-0.4, -0.2) is 51.1 Å². The van der Waals surface area contributed by atoms with Crippen LogP contribution in [0.4, 0.5) is 0 Å². The van der Waals surface area contributed by atoms with Crippen LogP contribution in [0.3, 0.4) is 0 Å². The maximum atomic E-state index is 13.2. The van der Waals surface area contributed by atoms with Crippen molar-refractivity contribution in [2.24, 2.45) is 7.05 Å². The first-order valence-corrected chi connectivity index (χ1v) is 12.7. The van der Waals surface area contributed by atoms with E-state index >= 15 is 0 Å². The zero-order valence-electron chi connectivity index (χ0n) is 17.9. The van der Waals surface area contributed by atoms with Crippen molar-refractivity contribution in [1.82, 2.24) is 23.8 Å². The molecule has 5 rings (SSSR count).